The highest BCUT2D eigenvalue weighted by Crippen LogP contribution is 2.22. The monoisotopic (exact) mass is 460 g/mol. The van der Waals surface area contributed by atoms with Gasteiger partial charge < -0.3 is 14.8 Å². The smallest absolute Gasteiger partial charge is 0.243 e. The minimum Gasteiger partial charge on any atom is -0.493 e. The molecule has 0 atom stereocenters. The summed E-state index contributed by atoms with van der Waals surface area (Å²) in [4.78, 5) is 12.4. The lowest BCUT2D eigenvalue weighted by Crippen LogP contribution is -2.40. The quantitative estimate of drug-likeness (QED) is 0.551. The van der Waals surface area contributed by atoms with Crippen LogP contribution in [0.4, 0.5) is 0 Å². The minimum atomic E-state index is -3.48. The highest BCUT2D eigenvalue weighted by molar-refractivity contribution is 7.89. The molecule has 1 fully saturated rings. The van der Waals surface area contributed by atoms with Crippen molar-refractivity contribution in [2.24, 2.45) is 0 Å². The molecule has 7 nitrogen and oxygen atoms in total. The Balaban J connectivity index is 1.37. The second-order valence-electron chi connectivity index (χ2n) is 7.93. The number of hydrogen-bond acceptors (Lipinski definition) is 5. The van der Waals surface area contributed by atoms with Crippen LogP contribution in [0.1, 0.15) is 29.5 Å². The molecule has 3 rings (SSSR count). The standard InChI is InChI=1S/C24H32N2O5S/c1-19-5-3-6-20(2)24(19)31-16-4-7-23(27)25-13-12-21-8-10-22(11-9-21)32(28,29)26-14-17-30-18-15-26/h3,5-6,8-11H,4,7,12-18H2,1-2H3,(H,25,27). The number of rotatable bonds is 10. The van der Waals surface area contributed by atoms with Gasteiger partial charge in [0, 0.05) is 26.1 Å². The molecule has 2 aromatic rings. The normalized spacial score (nSPS) is 14.8. The van der Waals surface area contributed by atoms with Gasteiger partial charge in [0.1, 0.15) is 5.75 Å². The number of morpholine rings is 1. The molecule has 1 saturated heterocycles. The molecule has 0 radical (unpaired) electrons. The van der Waals surface area contributed by atoms with Crippen molar-refractivity contribution < 1.29 is 22.7 Å². The Hall–Kier alpha value is -2.42. The van der Waals surface area contributed by atoms with Crippen LogP contribution in [0.25, 0.3) is 0 Å². The van der Waals surface area contributed by atoms with Crippen LogP contribution in [0.3, 0.4) is 0 Å². The van der Waals surface area contributed by atoms with Crippen molar-refractivity contribution >= 4 is 15.9 Å². The number of nitrogens with one attached hydrogen (secondary N) is 1. The second kappa shape index (κ2) is 11.4. The lowest BCUT2D eigenvalue weighted by molar-refractivity contribution is -0.121. The third-order valence-corrected chi connectivity index (χ3v) is 7.38. The summed E-state index contributed by atoms with van der Waals surface area (Å²) < 4.78 is 37.8. The van der Waals surface area contributed by atoms with Crippen LogP contribution in [-0.2, 0) is 26.0 Å². The molecule has 0 bridgehead atoms. The SMILES string of the molecule is Cc1cccc(C)c1OCCCC(=O)NCCc1ccc(S(=O)(=O)N2CCOCC2)cc1. The van der Waals surface area contributed by atoms with E-state index < -0.39 is 10.0 Å². The van der Waals surface area contributed by atoms with E-state index in [0.717, 1.165) is 22.4 Å². The zero-order valence-electron chi connectivity index (χ0n) is 18.8. The van der Waals surface area contributed by atoms with Crippen LogP contribution in [-0.4, -0.2) is 58.1 Å². The van der Waals surface area contributed by atoms with Gasteiger partial charge in [-0.3, -0.25) is 4.79 Å². The van der Waals surface area contributed by atoms with Gasteiger partial charge in [0.15, 0.2) is 0 Å². The van der Waals surface area contributed by atoms with Crippen molar-refractivity contribution in [3.8, 4) is 5.75 Å². The molecule has 0 unspecified atom stereocenters. The zero-order chi connectivity index (χ0) is 23.0. The summed E-state index contributed by atoms with van der Waals surface area (Å²) in [6, 6.07) is 12.9. The fourth-order valence-electron chi connectivity index (χ4n) is 3.63. The maximum atomic E-state index is 12.7. The number of hydrogen-bond donors (Lipinski definition) is 1. The van der Waals surface area contributed by atoms with Crippen molar-refractivity contribution in [3.63, 3.8) is 0 Å². The predicted molar refractivity (Wildman–Crippen MR) is 123 cm³/mol. The molecular formula is C24H32N2O5S. The molecule has 0 aliphatic carbocycles. The molecule has 0 aromatic heterocycles. The average Bonchev–Trinajstić information content (AvgIpc) is 2.79. The van der Waals surface area contributed by atoms with Crippen molar-refractivity contribution in [1.82, 2.24) is 9.62 Å². The Morgan fingerprint density at radius 1 is 1.06 bits per heavy atom. The summed E-state index contributed by atoms with van der Waals surface area (Å²) in [7, 11) is -3.48. The topological polar surface area (TPSA) is 84.9 Å². The molecule has 32 heavy (non-hydrogen) atoms. The van der Waals surface area contributed by atoms with Crippen LogP contribution in [0, 0.1) is 13.8 Å². The molecule has 2 aromatic carbocycles. The Labute approximate surface area is 190 Å². The number of nitrogens with zero attached hydrogens (tertiary/aromatic N) is 1. The summed E-state index contributed by atoms with van der Waals surface area (Å²) in [5.41, 5.74) is 3.17. The van der Waals surface area contributed by atoms with Crippen molar-refractivity contribution in [2.75, 3.05) is 39.5 Å². The van der Waals surface area contributed by atoms with Crippen molar-refractivity contribution in [2.45, 2.75) is 38.0 Å². The third kappa shape index (κ3) is 6.54. The fraction of sp³-hybridized carbons (Fsp3) is 0.458. The Kier molecular flexibility index (Phi) is 8.67. The van der Waals surface area contributed by atoms with Crippen molar-refractivity contribution in [1.29, 1.82) is 0 Å². The van der Waals surface area contributed by atoms with E-state index in [4.69, 9.17) is 9.47 Å². The highest BCUT2D eigenvalue weighted by Gasteiger charge is 2.26. The molecule has 1 aliphatic rings. The van der Waals surface area contributed by atoms with E-state index in [2.05, 4.69) is 5.32 Å². The minimum absolute atomic E-state index is 0.0124. The summed E-state index contributed by atoms with van der Waals surface area (Å²) in [5, 5.41) is 2.91. The van der Waals surface area contributed by atoms with Gasteiger partial charge in [-0.1, -0.05) is 30.3 Å². The first kappa shape index (κ1) is 24.2. The summed E-state index contributed by atoms with van der Waals surface area (Å²) in [5.74, 6) is 0.883. The van der Waals surface area contributed by atoms with E-state index in [1.54, 1.807) is 24.3 Å². The van der Waals surface area contributed by atoms with Gasteiger partial charge in [0.05, 0.1) is 24.7 Å². The number of aryl methyl sites for hydroxylation is 2. The summed E-state index contributed by atoms with van der Waals surface area (Å²) in [6.45, 7) is 6.64. The number of amides is 1. The third-order valence-electron chi connectivity index (χ3n) is 5.47. The van der Waals surface area contributed by atoms with Crippen molar-refractivity contribution in [3.05, 3.63) is 59.2 Å². The fourth-order valence-corrected chi connectivity index (χ4v) is 5.04. The Bertz CT molecular complexity index is 979. The second-order valence-corrected chi connectivity index (χ2v) is 9.87. The van der Waals surface area contributed by atoms with E-state index in [1.807, 2.05) is 32.0 Å². The van der Waals surface area contributed by atoms with Gasteiger partial charge in [0.2, 0.25) is 15.9 Å². The van der Waals surface area contributed by atoms with E-state index >= 15 is 0 Å². The molecule has 1 N–H and O–H groups in total. The van der Waals surface area contributed by atoms with Gasteiger partial charge >= 0.3 is 0 Å². The molecule has 1 aliphatic heterocycles. The van der Waals surface area contributed by atoms with Crippen LogP contribution in [0.2, 0.25) is 0 Å². The van der Waals surface area contributed by atoms with Gasteiger partial charge in [0.25, 0.3) is 0 Å². The highest BCUT2D eigenvalue weighted by atomic mass is 32.2. The number of para-hydroxylation sites is 1. The van der Waals surface area contributed by atoms with Crippen LogP contribution in [0.15, 0.2) is 47.4 Å². The predicted octanol–water partition coefficient (Wildman–Crippen LogP) is 2.84. The van der Waals surface area contributed by atoms with Gasteiger partial charge in [-0.25, -0.2) is 8.42 Å². The van der Waals surface area contributed by atoms with E-state index in [0.29, 0.717) is 58.7 Å². The Morgan fingerprint density at radius 3 is 2.38 bits per heavy atom. The zero-order valence-corrected chi connectivity index (χ0v) is 19.6. The van der Waals surface area contributed by atoms with Crippen LogP contribution < -0.4 is 10.1 Å². The van der Waals surface area contributed by atoms with E-state index in [1.165, 1.54) is 4.31 Å². The molecule has 0 saturated carbocycles. The van der Waals surface area contributed by atoms with E-state index in [-0.39, 0.29) is 10.8 Å². The molecule has 0 spiro atoms. The summed E-state index contributed by atoms with van der Waals surface area (Å²) >= 11 is 0. The molecule has 174 valence electrons. The lowest BCUT2D eigenvalue weighted by Gasteiger charge is -2.26. The largest absolute Gasteiger partial charge is 0.493 e. The van der Waals surface area contributed by atoms with Gasteiger partial charge in [-0.2, -0.15) is 4.31 Å². The first-order valence-electron chi connectivity index (χ1n) is 11.0. The number of carbonyl (C=O) groups is 1. The number of carbonyl (C=O) groups excluding carboxylic acids is 1. The molecular weight excluding hydrogens is 428 g/mol. The van der Waals surface area contributed by atoms with Crippen LogP contribution >= 0.6 is 0 Å². The first-order chi connectivity index (χ1) is 15.4. The van der Waals surface area contributed by atoms with Gasteiger partial charge in [-0.05, 0) is 55.5 Å². The average molecular weight is 461 g/mol. The van der Waals surface area contributed by atoms with Crippen LogP contribution in [0.5, 0.6) is 5.75 Å². The number of ether oxygens (including phenoxy) is 2. The Morgan fingerprint density at radius 2 is 1.72 bits per heavy atom. The van der Waals surface area contributed by atoms with Gasteiger partial charge in [-0.15, -0.1) is 0 Å². The van der Waals surface area contributed by atoms with E-state index in [9.17, 15) is 13.2 Å². The molecule has 1 amide bonds. The molecule has 1 heterocycles. The summed E-state index contributed by atoms with van der Waals surface area (Å²) in [6.07, 6.45) is 1.69. The number of sulfonamides is 1. The maximum absolute atomic E-state index is 12.7. The molecule has 8 heteroatoms. The maximum Gasteiger partial charge on any atom is 0.243 e. The first-order valence-corrected chi connectivity index (χ1v) is 12.4. The number of benzene rings is 2. The lowest BCUT2D eigenvalue weighted by atomic mass is 10.1.